The predicted octanol–water partition coefficient (Wildman–Crippen LogP) is 2.11. The van der Waals surface area contributed by atoms with Crippen LogP contribution < -0.4 is 0 Å². The number of halogens is 1. The van der Waals surface area contributed by atoms with Crippen molar-refractivity contribution >= 4 is 33.7 Å². The first kappa shape index (κ1) is 9.64. The first-order valence-corrected chi connectivity index (χ1v) is 4.05. The number of benzene rings is 1. The van der Waals surface area contributed by atoms with Gasteiger partial charge in [0.05, 0.1) is 11.3 Å². The van der Waals surface area contributed by atoms with E-state index in [0.717, 1.165) is 0 Å². The number of carboxylic acids is 1. The normalized spacial score (nSPS) is 9.00. The van der Waals surface area contributed by atoms with Crippen LogP contribution in [0, 0.1) is 0 Å². The van der Waals surface area contributed by atoms with Crippen molar-refractivity contribution in [2.45, 2.75) is 0 Å². The van der Waals surface area contributed by atoms with Gasteiger partial charge in [0.1, 0.15) is 0 Å². The van der Waals surface area contributed by atoms with Gasteiger partial charge in [-0.2, -0.15) is 4.99 Å². The predicted molar refractivity (Wildman–Crippen MR) is 48.9 cm³/mol. The zero-order chi connectivity index (χ0) is 9.84. The molecule has 1 aromatic rings. The third kappa shape index (κ3) is 2.24. The Morgan fingerprint density at radius 2 is 2.23 bits per heavy atom. The topological polar surface area (TPSA) is 66.7 Å². The molecule has 0 saturated carbocycles. The number of hydrogen-bond acceptors (Lipinski definition) is 3. The fourth-order valence-electron chi connectivity index (χ4n) is 0.800. The van der Waals surface area contributed by atoms with Crippen LogP contribution in [-0.2, 0) is 4.79 Å². The van der Waals surface area contributed by atoms with Crippen molar-refractivity contribution in [2.75, 3.05) is 0 Å². The number of aliphatic imine (C=N–C) groups is 1. The molecule has 0 aliphatic rings. The van der Waals surface area contributed by atoms with E-state index in [0.29, 0.717) is 10.2 Å². The highest BCUT2D eigenvalue weighted by molar-refractivity contribution is 9.10. The lowest BCUT2D eigenvalue weighted by atomic mass is 10.2. The average Bonchev–Trinajstić information content (AvgIpc) is 2.04. The maximum absolute atomic E-state index is 10.6. The van der Waals surface area contributed by atoms with Gasteiger partial charge in [-0.3, -0.25) is 0 Å². The summed E-state index contributed by atoms with van der Waals surface area (Å²) in [6, 6.07) is 4.23. The van der Waals surface area contributed by atoms with Gasteiger partial charge < -0.3 is 5.11 Å². The molecule has 0 amide bonds. The molecular weight excluding hydrogens is 238 g/mol. The first-order chi connectivity index (χ1) is 6.15. The smallest absolute Gasteiger partial charge is 0.336 e. The van der Waals surface area contributed by atoms with E-state index in [1.807, 2.05) is 0 Å². The Hall–Kier alpha value is -1.45. The van der Waals surface area contributed by atoms with Crippen LogP contribution in [-0.4, -0.2) is 17.2 Å². The van der Waals surface area contributed by atoms with Crippen LogP contribution in [0.25, 0.3) is 0 Å². The van der Waals surface area contributed by atoms with Gasteiger partial charge in [0.15, 0.2) is 0 Å². The van der Waals surface area contributed by atoms with Gasteiger partial charge in [-0.05, 0) is 34.1 Å². The summed E-state index contributed by atoms with van der Waals surface area (Å²) in [6.07, 6.45) is 1.37. The molecule has 5 heteroatoms. The fraction of sp³-hybridized carbons (Fsp3) is 0. The third-order valence-electron chi connectivity index (χ3n) is 1.36. The lowest BCUT2D eigenvalue weighted by Gasteiger charge is -1.98. The highest BCUT2D eigenvalue weighted by Crippen LogP contribution is 2.22. The summed E-state index contributed by atoms with van der Waals surface area (Å²) >= 11 is 3.05. The summed E-state index contributed by atoms with van der Waals surface area (Å²) in [5.41, 5.74) is 0.497. The van der Waals surface area contributed by atoms with Crippen LogP contribution in [0.3, 0.4) is 0 Å². The highest BCUT2D eigenvalue weighted by Gasteiger charge is 2.07. The number of hydrogen-bond donors (Lipinski definition) is 1. The first-order valence-electron chi connectivity index (χ1n) is 3.26. The molecule has 0 saturated heterocycles. The Kier molecular flexibility index (Phi) is 2.95. The summed E-state index contributed by atoms with van der Waals surface area (Å²) in [5.74, 6) is -1.03. The van der Waals surface area contributed by atoms with Crippen LogP contribution in [0.15, 0.2) is 27.7 Å². The zero-order valence-electron chi connectivity index (χ0n) is 6.32. The molecule has 13 heavy (non-hydrogen) atoms. The van der Waals surface area contributed by atoms with Crippen molar-refractivity contribution in [3.05, 3.63) is 28.2 Å². The van der Waals surface area contributed by atoms with Crippen LogP contribution >= 0.6 is 15.9 Å². The molecule has 0 aliphatic heterocycles. The minimum Gasteiger partial charge on any atom is -0.478 e. The number of isocyanates is 1. The van der Waals surface area contributed by atoms with E-state index in [9.17, 15) is 9.59 Å². The lowest BCUT2D eigenvalue weighted by molar-refractivity contribution is 0.0696. The molecule has 0 unspecified atom stereocenters. The molecule has 0 heterocycles. The zero-order valence-corrected chi connectivity index (χ0v) is 7.91. The molecule has 1 N–H and O–H groups in total. The van der Waals surface area contributed by atoms with Crippen molar-refractivity contribution in [3.63, 3.8) is 0 Å². The molecule has 0 atom stereocenters. The minimum atomic E-state index is -1.03. The van der Waals surface area contributed by atoms with E-state index in [-0.39, 0.29) is 5.56 Å². The van der Waals surface area contributed by atoms with Gasteiger partial charge in [0.2, 0.25) is 6.08 Å². The van der Waals surface area contributed by atoms with E-state index < -0.39 is 5.97 Å². The second kappa shape index (κ2) is 3.98. The van der Waals surface area contributed by atoms with Gasteiger partial charge in [-0.25, -0.2) is 9.59 Å². The number of aromatic carboxylic acids is 1. The molecule has 0 bridgehead atoms. The minimum absolute atomic E-state index is 0.129. The van der Waals surface area contributed by atoms with E-state index in [1.165, 1.54) is 24.3 Å². The Morgan fingerprint density at radius 3 is 2.69 bits per heavy atom. The molecule has 4 nitrogen and oxygen atoms in total. The Labute approximate surface area is 82.0 Å². The quantitative estimate of drug-likeness (QED) is 0.637. The SMILES string of the molecule is O=C=Nc1ccc(C(=O)O)c(Br)c1. The maximum atomic E-state index is 10.6. The summed E-state index contributed by atoms with van der Waals surface area (Å²) in [7, 11) is 0. The van der Waals surface area contributed by atoms with E-state index in [1.54, 1.807) is 0 Å². The van der Waals surface area contributed by atoms with Crippen molar-refractivity contribution in [1.29, 1.82) is 0 Å². The number of nitrogens with zero attached hydrogens (tertiary/aromatic N) is 1. The average molecular weight is 242 g/mol. The van der Waals surface area contributed by atoms with Gasteiger partial charge in [-0.15, -0.1) is 0 Å². The second-order valence-corrected chi connectivity index (χ2v) is 3.03. The Balaban J connectivity index is 3.19. The summed E-state index contributed by atoms with van der Waals surface area (Å²) in [6.45, 7) is 0. The second-order valence-electron chi connectivity index (χ2n) is 2.17. The number of carboxylic acid groups (broad SMARTS) is 1. The van der Waals surface area contributed by atoms with Crippen molar-refractivity contribution in [1.82, 2.24) is 0 Å². The summed E-state index contributed by atoms with van der Waals surface area (Å²) < 4.78 is 0.386. The Morgan fingerprint density at radius 1 is 1.54 bits per heavy atom. The molecule has 0 spiro atoms. The fourth-order valence-corrected chi connectivity index (χ4v) is 1.34. The number of carbonyl (C=O) groups excluding carboxylic acids is 1. The van der Waals surface area contributed by atoms with Crippen LogP contribution in [0.4, 0.5) is 5.69 Å². The molecule has 0 aliphatic carbocycles. The van der Waals surface area contributed by atoms with Gasteiger partial charge in [0.25, 0.3) is 0 Å². The Bertz CT molecular complexity index is 396. The lowest BCUT2D eigenvalue weighted by Crippen LogP contribution is -1.96. The molecule has 0 aromatic heterocycles. The number of rotatable bonds is 2. The van der Waals surface area contributed by atoms with Crippen LogP contribution in [0.1, 0.15) is 10.4 Å². The van der Waals surface area contributed by atoms with E-state index in [2.05, 4.69) is 20.9 Å². The molecule has 1 aromatic carbocycles. The van der Waals surface area contributed by atoms with Crippen molar-refractivity contribution in [2.24, 2.45) is 4.99 Å². The van der Waals surface area contributed by atoms with E-state index in [4.69, 9.17) is 5.11 Å². The number of carbonyl (C=O) groups is 1. The highest BCUT2D eigenvalue weighted by atomic mass is 79.9. The largest absolute Gasteiger partial charge is 0.478 e. The molecule has 0 fully saturated rings. The van der Waals surface area contributed by atoms with Gasteiger partial charge in [-0.1, -0.05) is 0 Å². The molecule has 1 rings (SSSR count). The summed E-state index contributed by atoms with van der Waals surface area (Å²) in [4.78, 5) is 23.8. The van der Waals surface area contributed by atoms with E-state index >= 15 is 0 Å². The standard InChI is InChI=1S/C8H4BrNO3/c9-7-3-5(10-4-11)1-2-6(7)8(12)13/h1-3H,(H,12,13). The molecule has 0 radical (unpaired) electrons. The summed E-state index contributed by atoms with van der Waals surface area (Å²) in [5, 5.41) is 8.65. The van der Waals surface area contributed by atoms with Crippen LogP contribution in [0.2, 0.25) is 0 Å². The third-order valence-corrected chi connectivity index (χ3v) is 2.01. The van der Waals surface area contributed by atoms with Crippen LogP contribution in [0.5, 0.6) is 0 Å². The monoisotopic (exact) mass is 241 g/mol. The van der Waals surface area contributed by atoms with Crippen molar-refractivity contribution < 1.29 is 14.7 Å². The molecular formula is C8H4BrNO3. The van der Waals surface area contributed by atoms with Crippen molar-refractivity contribution in [3.8, 4) is 0 Å². The van der Waals surface area contributed by atoms with Gasteiger partial charge >= 0.3 is 5.97 Å². The molecule has 66 valence electrons. The van der Waals surface area contributed by atoms with Gasteiger partial charge in [0, 0.05) is 4.47 Å². The maximum Gasteiger partial charge on any atom is 0.336 e.